The third-order valence-electron chi connectivity index (χ3n) is 3.04. The van der Waals surface area contributed by atoms with Gasteiger partial charge in [0.1, 0.15) is 23.5 Å². The molecule has 0 aliphatic heterocycles. The monoisotopic (exact) mass is 311 g/mol. The molecule has 0 saturated heterocycles. The Morgan fingerprint density at radius 3 is 2.57 bits per heavy atom. The first-order chi connectivity index (χ1) is 11.1. The number of carbonyl (C=O) groups is 2. The Kier molecular flexibility index (Phi) is 3.97. The van der Waals surface area contributed by atoms with Crippen molar-refractivity contribution in [2.45, 2.75) is 6.42 Å². The molecule has 116 valence electrons. The number of aliphatic carboxylic acids is 1. The minimum Gasteiger partial charge on any atom is -0.481 e. The summed E-state index contributed by atoms with van der Waals surface area (Å²) in [6, 6.07) is 16.2. The highest BCUT2D eigenvalue weighted by Gasteiger charge is 2.11. The quantitative estimate of drug-likeness (QED) is 0.702. The topological polar surface area (TPSA) is 88.8 Å². The van der Waals surface area contributed by atoms with Crippen molar-refractivity contribution in [2.24, 2.45) is 0 Å². The maximum Gasteiger partial charge on any atom is 0.312 e. The minimum atomic E-state index is -1.20. The van der Waals surface area contributed by atoms with Crippen LogP contribution < -0.4 is 10.1 Å². The lowest BCUT2D eigenvalue weighted by atomic mass is 10.2. The van der Waals surface area contributed by atoms with Crippen LogP contribution in [-0.4, -0.2) is 17.0 Å². The summed E-state index contributed by atoms with van der Waals surface area (Å²) in [6.07, 6.45) is -0.612. The molecule has 0 aliphatic carbocycles. The van der Waals surface area contributed by atoms with Gasteiger partial charge in [-0.25, -0.2) is 0 Å². The van der Waals surface area contributed by atoms with Crippen LogP contribution >= 0.6 is 0 Å². The van der Waals surface area contributed by atoms with E-state index in [0.717, 1.165) is 5.39 Å². The van der Waals surface area contributed by atoms with Crippen LogP contribution in [0.4, 0.5) is 5.88 Å². The summed E-state index contributed by atoms with van der Waals surface area (Å²) in [6.45, 7) is 0. The number of benzene rings is 2. The summed E-state index contributed by atoms with van der Waals surface area (Å²) in [4.78, 5) is 21.9. The Morgan fingerprint density at radius 1 is 1.04 bits per heavy atom. The third kappa shape index (κ3) is 3.68. The highest BCUT2D eigenvalue weighted by molar-refractivity contribution is 6.01. The number of fused-ring (bicyclic) bond motifs is 1. The minimum absolute atomic E-state index is 0.197. The average molecular weight is 311 g/mol. The van der Waals surface area contributed by atoms with Crippen molar-refractivity contribution in [1.82, 2.24) is 0 Å². The van der Waals surface area contributed by atoms with Gasteiger partial charge < -0.3 is 14.3 Å². The van der Waals surface area contributed by atoms with Gasteiger partial charge >= 0.3 is 5.97 Å². The van der Waals surface area contributed by atoms with E-state index in [1.165, 1.54) is 0 Å². The molecule has 2 aromatic carbocycles. The van der Waals surface area contributed by atoms with Crippen LogP contribution in [0.15, 0.2) is 59.0 Å². The highest BCUT2D eigenvalue weighted by Crippen LogP contribution is 2.29. The summed E-state index contributed by atoms with van der Waals surface area (Å²) in [5, 5.41) is 11.7. The number of amides is 1. The van der Waals surface area contributed by atoms with Crippen molar-refractivity contribution < 1.29 is 23.8 Å². The fourth-order valence-electron chi connectivity index (χ4n) is 2.09. The zero-order valence-corrected chi connectivity index (χ0v) is 12.0. The van der Waals surface area contributed by atoms with Crippen LogP contribution in [0, 0.1) is 0 Å². The molecule has 1 heterocycles. The van der Waals surface area contributed by atoms with Gasteiger partial charge in [-0.3, -0.25) is 14.9 Å². The molecule has 0 radical (unpaired) electrons. The predicted octanol–water partition coefficient (Wildman–Crippen LogP) is 3.64. The molecule has 3 aromatic rings. The van der Waals surface area contributed by atoms with E-state index in [9.17, 15) is 9.59 Å². The van der Waals surface area contributed by atoms with E-state index in [2.05, 4.69) is 5.32 Å². The summed E-state index contributed by atoms with van der Waals surface area (Å²) in [5.74, 6) is -0.296. The van der Waals surface area contributed by atoms with Gasteiger partial charge in [-0.1, -0.05) is 18.2 Å². The largest absolute Gasteiger partial charge is 0.481 e. The molecule has 2 N–H and O–H groups in total. The molecular weight excluding hydrogens is 298 g/mol. The summed E-state index contributed by atoms with van der Waals surface area (Å²) < 4.78 is 11.2. The van der Waals surface area contributed by atoms with Gasteiger partial charge in [-0.15, -0.1) is 0 Å². The van der Waals surface area contributed by atoms with E-state index < -0.39 is 18.3 Å². The molecule has 0 unspecified atom stereocenters. The first-order valence-electron chi connectivity index (χ1n) is 6.88. The molecule has 0 fully saturated rings. The van der Waals surface area contributed by atoms with E-state index in [1.807, 2.05) is 30.3 Å². The van der Waals surface area contributed by atoms with Gasteiger partial charge in [0.15, 0.2) is 0 Å². The maximum atomic E-state index is 11.4. The van der Waals surface area contributed by atoms with Crippen LogP contribution in [0.2, 0.25) is 0 Å². The zero-order valence-electron chi connectivity index (χ0n) is 12.0. The Bertz CT molecular complexity index is 854. The lowest BCUT2D eigenvalue weighted by molar-refractivity contribution is -0.139. The second-order valence-electron chi connectivity index (χ2n) is 4.84. The second kappa shape index (κ2) is 6.23. The molecule has 3 rings (SSSR count). The van der Waals surface area contributed by atoms with Crippen LogP contribution in [0.25, 0.3) is 11.0 Å². The summed E-state index contributed by atoms with van der Waals surface area (Å²) >= 11 is 0. The Labute approximate surface area is 131 Å². The molecule has 23 heavy (non-hydrogen) atoms. The number of anilines is 1. The first-order valence-corrected chi connectivity index (χ1v) is 6.88. The number of nitrogens with one attached hydrogen (secondary N) is 1. The smallest absolute Gasteiger partial charge is 0.312 e. The molecule has 0 atom stereocenters. The number of carboxylic acid groups (broad SMARTS) is 1. The van der Waals surface area contributed by atoms with Crippen molar-refractivity contribution in [2.75, 3.05) is 5.32 Å². The van der Waals surface area contributed by atoms with Crippen molar-refractivity contribution >= 4 is 28.7 Å². The molecule has 0 aliphatic rings. The van der Waals surface area contributed by atoms with Gasteiger partial charge in [0, 0.05) is 11.5 Å². The van der Waals surface area contributed by atoms with Crippen molar-refractivity contribution in [3.8, 4) is 11.5 Å². The van der Waals surface area contributed by atoms with Gasteiger partial charge in [-0.05, 0) is 30.3 Å². The van der Waals surface area contributed by atoms with E-state index in [-0.39, 0.29) is 5.88 Å². The lowest BCUT2D eigenvalue weighted by Gasteiger charge is -2.04. The fourth-order valence-corrected chi connectivity index (χ4v) is 2.09. The number of para-hydroxylation sites is 1. The van der Waals surface area contributed by atoms with E-state index in [4.69, 9.17) is 14.3 Å². The number of furan rings is 1. The molecule has 1 aromatic heterocycles. The van der Waals surface area contributed by atoms with E-state index in [0.29, 0.717) is 17.1 Å². The van der Waals surface area contributed by atoms with Gasteiger partial charge in [-0.2, -0.15) is 0 Å². The molecule has 6 heteroatoms. The highest BCUT2D eigenvalue weighted by atomic mass is 16.5. The van der Waals surface area contributed by atoms with Gasteiger partial charge in [0.2, 0.25) is 11.8 Å². The Morgan fingerprint density at radius 2 is 1.83 bits per heavy atom. The zero-order chi connectivity index (χ0) is 16.2. The molecule has 0 bridgehead atoms. The standard InChI is InChI=1S/C17H13NO5/c19-15(10-17(20)21)18-16-9-11-8-13(6-7-14(11)23-16)22-12-4-2-1-3-5-12/h1-9H,10H2,(H,18,19)(H,20,21). The van der Waals surface area contributed by atoms with Gasteiger partial charge in [0.25, 0.3) is 0 Å². The molecule has 6 nitrogen and oxygen atoms in total. The van der Waals surface area contributed by atoms with E-state index >= 15 is 0 Å². The van der Waals surface area contributed by atoms with E-state index in [1.54, 1.807) is 24.3 Å². The number of carbonyl (C=O) groups excluding carboxylic acids is 1. The second-order valence-corrected chi connectivity index (χ2v) is 4.84. The van der Waals surface area contributed by atoms with Crippen molar-refractivity contribution in [1.29, 1.82) is 0 Å². The Hall–Kier alpha value is -3.28. The number of hydrogen-bond donors (Lipinski definition) is 2. The van der Waals surface area contributed by atoms with Crippen LogP contribution in [0.1, 0.15) is 6.42 Å². The van der Waals surface area contributed by atoms with Gasteiger partial charge in [0.05, 0.1) is 0 Å². The number of hydrogen-bond acceptors (Lipinski definition) is 4. The number of carboxylic acids is 1. The first kappa shape index (κ1) is 14.6. The fraction of sp³-hybridized carbons (Fsp3) is 0.0588. The van der Waals surface area contributed by atoms with Crippen molar-refractivity contribution in [3.05, 3.63) is 54.6 Å². The normalized spacial score (nSPS) is 10.4. The van der Waals surface area contributed by atoms with Crippen molar-refractivity contribution in [3.63, 3.8) is 0 Å². The molecule has 1 amide bonds. The average Bonchev–Trinajstić information content (AvgIpc) is 2.88. The predicted molar refractivity (Wildman–Crippen MR) is 83.6 cm³/mol. The van der Waals surface area contributed by atoms with Crippen LogP contribution in [0.3, 0.4) is 0 Å². The Balaban J connectivity index is 1.78. The summed E-state index contributed by atoms with van der Waals surface area (Å²) in [7, 11) is 0. The van der Waals surface area contributed by atoms with Crippen LogP contribution in [-0.2, 0) is 9.59 Å². The third-order valence-corrected chi connectivity index (χ3v) is 3.04. The summed E-state index contributed by atoms with van der Waals surface area (Å²) in [5.41, 5.74) is 0.566. The maximum absolute atomic E-state index is 11.4. The molecule has 0 saturated carbocycles. The number of ether oxygens (including phenoxy) is 1. The lowest BCUT2D eigenvalue weighted by Crippen LogP contribution is -2.15. The molecule has 0 spiro atoms. The number of rotatable bonds is 5. The van der Waals surface area contributed by atoms with Crippen LogP contribution in [0.5, 0.6) is 11.5 Å². The molecular formula is C17H13NO5. The SMILES string of the molecule is O=C(O)CC(=O)Nc1cc2cc(Oc3ccccc3)ccc2o1.